The van der Waals surface area contributed by atoms with E-state index < -0.39 is 17.8 Å². The van der Waals surface area contributed by atoms with Crippen molar-refractivity contribution >= 4 is 50.9 Å². The van der Waals surface area contributed by atoms with E-state index in [1.165, 1.54) is 15.6 Å². The molecule has 2 N–H and O–H groups in total. The number of hydrogen-bond acceptors (Lipinski definition) is 10. The van der Waals surface area contributed by atoms with Crippen LogP contribution in [-0.4, -0.2) is 82.1 Å². The minimum Gasteiger partial charge on any atom is -0.467 e. The van der Waals surface area contributed by atoms with Gasteiger partial charge in [-0.3, -0.25) is 4.52 Å². The van der Waals surface area contributed by atoms with Gasteiger partial charge in [0.2, 0.25) is 16.0 Å². The molecule has 0 spiro atoms. The van der Waals surface area contributed by atoms with E-state index in [0.29, 0.717) is 18.2 Å². The molecule has 40 heavy (non-hydrogen) atoms. The maximum Gasteiger partial charge on any atom is 0.469 e. The zero-order valence-electron chi connectivity index (χ0n) is 22.0. The molecule has 3 aromatic rings. The zero-order valence-corrected chi connectivity index (χ0v) is 24.6. The van der Waals surface area contributed by atoms with Crippen LogP contribution in [0.4, 0.5) is 5.95 Å². The molecule has 2 aliphatic heterocycles. The smallest absolute Gasteiger partial charge is 0.467 e. The molecule has 0 unspecified atom stereocenters. The number of ether oxygens (including phenoxy) is 1. The van der Waals surface area contributed by atoms with Gasteiger partial charge in [-0.2, -0.15) is 4.31 Å². The number of fused-ring (bicyclic) bond motifs is 1. The zero-order chi connectivity index (χ0) is 28.3. The SMILES string of the molecule is Cc1cnc(N2CCC(Oc3nc4ccc(C5=CCN(S(=O)(=O)CCCOP(=O)(O)O)CC5)cc4s3)CC2)nc1. The molecule has 1 saturated heterocycles. The molecule has 5 rings (SSSR count). The fraction of sp³-hybridized carbons (Fsp3) is 0.480. The van der Waals surface area contributed by atoms with E-state index in [-0.39, 0.29) is 31.4 Å². The summed E-state index contributed by atoms with van der Waals surface area (Å²) in [6.07, 6.45) is 7.96. The molecule has 2 aliphatic rings. The number of phosphoric ester groups is 1. The number of sulfonamides is 1. The average molecular weight is 610 g/mol. The van der Waals surface area contributed by atoms with Crippen LogP contribution in [0.3, 0.4) is 0 Å². The van der Waals surface area contributed by atoms with Crippen LogP contribution in [0.25, 0.3) is 15.8 Å². The Balaban J connectivity index is 1.15. The molecule has 0 radical (unpaired) electrons. The largest absolute Gasteiger partial charge is 0.469 e. The molecule has 0 amide bonds. The van der Waals surface area contributed by atoms with Crippen LogP contribution < -0.4 is 9.64 Å². The molecule has 12 nitrogen and oxygen atoms in total. The summed E-state index contributed by atoms with van der Waals surface area (Å²) in [4.78, 5) is 33.2. The van der Waals surface area contributed by atoms with E-state index in [4.69, 9.17) is 14.5 Å². The Morgan fingerprint density at radius 1 is 1.15 bits per heavy atom. The summed E-state index contributed by atoms with van der Waals surface area (Å²) >= 11 is 1.51. The number of hydrogen-bond donors (Lipinski definition) is 2. The third kappa shape index (κ3) is 7.43. The molecule has 15 heteroatoms. The third-order valence-electron chi connectivity index (χ3n) is 6.87. The summed E-state index contributed by atoms with van der Waals surface area (Å²) in [5.41, 5.74) is 4.01. The second kappa shape index (κ2) is 12.2. The van der Waals surface area contributed by atoms with Gasteiger partial charge in [0.05, 0.1) is 22.6 Å². The first-order chi connectivity index (χ1) is 19.1. The molecular weight excluding hydrogens is 577 g/mol. The van der Waals surface area contributed by atoms with Crippen LogP contribution in [-0.2, 0) is 19.1 Å². The number of anilines is 1. The van der Waals surface area contributed by atoms with Gasteiger partial charge in [-0.25, -0.2) is 27.9 Å². The number of rotatable bonds is 10. The summed E-state index contributed by atoms with van der Waals surface area (Å²) in [7, 11) is -8.15. The van der Waals surface area contributed by atoms with Crippen LogP contribution >= 0.6 is 19.2 Å². The van der Waals surface area contributed by atoms with E-state index in [2.05, 4.69) is 30.4 Å². The van der Waals surface area contributed by atoms with Gasteiger partial charge < -0.3 is 19.4 Å². The van der Waals surface area contributed by atoms with Crippen LogP contribution in [0, 0.1) is 6.92 Å². The number of phosphoric acid groups is 1. The van der Waals surface area contributed by atoms with Gasteiger partial charge in [-0.1, -0.05) is 23.5 Å². The molecule has 0 aliphatic carbocycles. The second-order valence-electron chi connectivity index (χ2n) is 9.86. The Kier molecular flexibility index (Phi) is 8.86. The van der Waals surface area contributed by atoms with Crippen molar-refractivity contribution in [1.29, 1.82) is 0 Å². The number of benzene rings is 1. The van der Waals surface area contributed by atoms with Gasteiger partial charge in [0.25, 0.3) is 5.19 Å². The maximum atomic E-state index is 12.6. The monoisotopic (exact) mass is 609 g/mol. The number of thiazole rings is 1. The molecule has 2 aromatic heterocycles. The maximum absolute atomic E-state index is 12.6. The van der Waals surface area contributed by atoms with E-state index in [1.54, 1.807) is 0 Å². The summed E-state index contributed by atoms with van der Waals surface area (Å²) in [6.45, 7) is 3.89. The van der Waals surface area contributed by atoms with E-state index >= 15 is 0 Å². The van der Waals surface area contributed by atoms with Crippen LogP contribution in [0.15, 0.2) is 36.7 Å². The lowest BCUT2D eigenvalue weighted by molar-refractivity contribution is 0.170. The van der Waals surface area contributed by atoms with Crippen molar-refractivity contribution in [3.05, 3.63) is 47.8 Å². The van der Waals surface area contributed by atoms with E-state index in [0.717, 1.165) is 58.8 Å². The van der Waals surface area contributed by atoms with Gasteiger partial charge in [0.1, 0.15) is 6.10 Å². The Hall–Kier alpha value is -2.45. The van der Waals surface area contributed by atoms with Crippen molar-refractivity contribution < 1.29 is 32.0 Å². The van der Waals surface area contributed by atoms with Crippen LogP contribution in [0.2, 0.25) is 0 Å². The summed E-state index contributed by atoms with van der Waals surface area (Å²) in [5, 5.41) is 0.648. The first-order valence-corrected chi connectivity index (χ1v) is 17.0. The fourth-order valence-corrected chi connectivity index (χ4v) is 7.44. The lowest BCUT2D eigenvalue weighted by Crippen LogP contribution is -2.39. The number of nitrogens with zero attached hydrogens (tertiary/aromatic N) is 5. The highest BCUT2D eigenvalue weighted by molar-refractivity contribution is 7.89. The Labute approximate surface area is 237 Å². The molecule has 0 atom stereocenters. The van der Waals surface area contributed by atoms with Crippen molar-refractivity contribution in [3.8, 4) is 5.19 Å². The van der Waals surface area contributed by atoms with Gasteiger partial charge in [-0.05, 0) is 48.6 Å². The molecular formula is C25H32N5O7PS2. The normalized spacial score (nSPS) is 17.8. The Bertz CT molecular complexity index is 1520. The fourth-order valence-electron chi connectivity index (χ4n) is 4.74. The topological polar surface area (TPSA) is 155 Å². The van der Waals surface area contributed by atoms with Crippen LogP contribution in [0.5, 0.6) is 5.19 Å². The molecule has 4 heterocycles. The minimum atomic E-state index is -4.60. The Morgan fingerprint density at radius 3 is 2.58 bits per heavy atom. The quantitative estimate of drug-likeness (QED) is 0.257. The molecule has 1 fully saturated rings. The number of piperidine rings is 1. The summed E-state index contributed by atoms with van der Waals surface area (Å²) < 4.78 is 49.0. The van der Waals surface area contributed by atoms with Gasteiger partial charge in [0.15, 0.2) is 0 Å². The first-order valence-electron chi connectivity index (χ1n) is 13.0. The molecule has 0 bridgehead atoms. The van der Waals surface area contributed by atoms with Gasteiger partial charge in [-0.15, -0.1) is 0 Å². The lowest BCUT2D eigenvalue weighted by atomic mass is 10.0. The highest BCUT2D eigenvalue weighted by Gasteiger charge is 2.26. The van der Waals surface area contributed by atoms with Crippen molar-refractivity contribution in [1.82, 2.24) is 19.3 Å². The molecule has 0 saturated carbocycles. The van der Waals surface area contributed by atoms with E-state index in [1.807, 2.05) is 37.5 Å². The summed E-state index contributed by atoms with van der Waals surface area (Å²) in [6, 6.07) is 6.05. The van der Waals surface area contributed by atoms with Crippen molar-refractivity contribution in [2.24, 2.45) is 0 Å². The minimum absolute atomic E-state index is 0.00718. The van der Waals surface area contributed by atoms with E-state index in [9.17, 15) is 13.0 Å². The average Bonchev–Trinajstić information content (AvgIpc) is 3.33. The lowest BCUT2D eigenvalue weighted by Gasteiger charge is -2.31. The van der Waals surface area contributed by atoms with Crippen LogP contribution in [0.1, 0.15) is 36.8 Å². The number of aromatic nitrogens is 3. The van der Waals surface area contributed by atoms with Crippen molar-refractivity contribution in [3.63, 3.8) is 0 Å². The second-order valence-corrected chi connectivity index (χ2v) is 14.2. The Morgan fingerprint density at radius 2 is 1.90 bits per heavy atom. The van der Waals surface area contributed by atoms with Gasteiger partial charge in [0, 0.05) is 51.4 Å². The predicted molar refractivity (Wildman–Crippen MR) is 153 cm³/mol. The highest BCUT2D eigenvalue weighted by Crippen LogP contribution is 2.36. The van der Waals surface area contributed by atoms with Crippen molar-refractivity contribution in [2.45, 2.75) is 38.7 Å². The van der Waals surface area contributed by atoms with Gasteiger partial charge >= 0.3 is 7.82 Å². The highest BCUT2D eigenvalue weighted by atomic mass is 32.2. The predicted octanol–water partition coefficient (Wildman–Crippen LogP) is 3.36. The molecule has 216 valence electrons. The third-order valence-corrected chi connectivity index (χ3v) is 10.2. The first kappa shape index (κ1) is 29.1. The number of aryl methyl sites for hydroxylation is 1. The standard InChI is InChI=1S/C25H32N5O7PS2/c1-18-16-26-24(27-17-18)29-9-7-21(8-10-29)37-25-28-22-4-3-20(15-23(22)39-25)19-5-11-30(12-6-19)40(34,35)14-2-13-36-38(31,32)33/h3-5,15-17,21H,2,6-14H2,1H3,(H2,31,32,33). The molecule has 1 aromatic carbocycles. The van der Waals surface area contributed by atoms with Crippen molar-refractivity contribution in [2.75, 3.05) is 43.4 Å². The summed E-state index contributed by atoms with van der Waals surface area (Å²) in [5.74, 6) is 0.520.